The van der Waals surface area contributed by atoms with E-state index in [0.29, 0.717) is 33.4 Å². The van der Waals surface area contributed by atoms with Gasteiger partial charge in [0.1, 0.15) is 4.70 Å². The molecular weight excluding hydrogens is 470 g/mol. The largest absolute Gasteiger partial charge is 0.325 e. The van der Waals surface area contributed by atoms with E-state index in [0.717, 1.165) is 11.1 Å². The summed E-state index contributed by atoms with van der Waals surface area (Å²) in [4.78, 5) is 37.1. The number of Topliss-reactive ketones (excluding diaryl/α,β-unsaturated/α-hetero) is 1. The first-order valence-corrected chi connectivity index (χ1v) is 12.3. The number of fused-ring (bicyclic) bond motifs is 3. The Morgan fingerprint density at radius 1 is 1.03 bits per heavy atom. The Labute approximate surface area is 202 Å². The minimum atomic E-state index is -0.212. The van der Waals surface area contributed by atoms with E-state index in [2.05, 4.69) is 15.5 Å². The summed E-state index contributed by atoms with van der Waals surface area (Å²) in [5.41, 5.74) is 2.79. The number of anilines is 1. The van der Waals surface area contributed by atoms with Gasteiger partial charge in [-0.2, -0.15) is 0 Å². The zero-order valence-electron chi connectivity index (χ0n) is 18.1. The number of amides is 1. The van der Waals surface area contributed by atoms with Crippen molar-refractivity contribution >= 4 is 56.5 Å². The van der Waals surface area contributed by atoms with Gasteiger partial charge >= 0.3 is 0 Å². The number of benzene rings is 2. The molecule has 1 N–H and O–H groups in total. The normalized spacial score (nSPS) is 11.2. The molecule has 0 saturated carbocycles. The molecule has 1 amide bonds. The van der Waals surface area contributed by atoms with Gasteiger partial charge in [0.2, 0.25) is 11.7 Å². The van der Waals surface area contributed by atoms with Crippen LogP contribution in [0, 0.1) is 0 Å². The second kappa shape index (κ2) is 9.24. The van der Waals surface area contributed by atoms with E-state index in [1.54, 1.807) is 28.8 Å². The lowest BCUT2D eigenvalue weighted by atomic mass is 10.1. The Kier molecular flexibility index (Phi) is 5.99. The standard InChI is InChI=1S/C24H19N5O3S2/c1-15(30)17-7-9-18(10-8-17)25-20(31)14-34-24-27-26-23-28(13-16-5-3-2-4-6-16)22(32)21-19(29(23)24)11-12-33-21/h2-12H,13-14H2,1H3,(H,25,31). The van der Waals surface area contributed by atoms with Gasteiger partial charge in [-0.05, 0) is 48.2 Å². The molecule has 0 aliphatic carbocycles. The molecule has 0 radical (unpaired) electrons. The van der Waals surface area contributed by atoms with Crippen LogP contribution in [0.1, 0.15) is 22.8 Å². The molecule has 5 rings (SSSR count). The van der Waals surface area contributed by atoms with Crippen LogP contribution in [-0.2, 0) is 11.3 Å². The van der Waals surface area contributed by atoms with E-state index >= 15 is 0 Å². The summed E-state index contributed by atoms with van der Waals surface area (Å²) in [6.45, 7) is 1.87. The van der Waals surface area contributed by atoms with Gasteiger partial charge in [-0.15, -0.1) is 21.5 Å². The lowest BCUT2D eigenvalue weighted by molar-refractivity contribution is -0.113. The molecule has 0 aliphatic rings. The van der Waals surface area contributed by atoms with E-state index in [1.807, 2.05) is 46.2 Å². The van der Waals surface area contributed by atoms with Crippen LogP contribution in [0.3, 0.4) is 0 Å². The molecule has 0 saturated heterocycles. The van der Waals surface area contributed by atoms with Crippen molar-refractivity contribution in [2.24, 2.45) is 0 Å². The van der Waals surface area contributed by atoms with Gasteiger partial charge in [0.05, 0.1) is 17.8 Å². The first-order valence-electron chi connectivity index (χ1n) is 10.4. The average molecular weight is 490 g/mol. The number of ketones is 1. The van der Waals surface area contributed by atoms with E-state index < -0.39 is 0 Å². The second-order valence-electron chi connectivity index (χ2n) is 7.60. The van der Waals surface area contributed by atoms with Gasteiger partial charge < -0.3 is 5.32 Å². The molecule has 0 fully saturated rings. The maximum atomic E-state index is 13.2. The number of thiophene rings is 1. The fraction of sp³-hybridized carbons (Fsp3) is 0.125. The average Bonchev–Trinajstić information content (AvgIpc) is 3.49. The molecule has 3 heterocycles. The summed E-state index contributed by atoms with van der Waals surface area (Å²) >= 11 is 2.62. The number of aromatic nitrogens is 4. The third-order valence-electron chi connectivity index (χ3n) is 5.27. The topological polar surface area (TPSA) is 98.4 Å². The highest BCUT2D eigenvalue weighted by atomic mass is 32.2. The van der Waals surface area contributed by atoms with E-state index in [-0.39, 0.29) is 23.0 Å². The number of nitrogens with zero attached hydrogens (tertiary/aromatic N) is 4. The van der Waals surface area contributed by atoms with Gasteiger partial charge in [0.25, 0.3) is 5.56 Å². The van der Waals surface area contributed by atoms with Crippen molar-refractivity contribution in [1.82, 2.24) is 19.2 Å². The molecule has 8 nitrogen and oxygen atoms in total. The molecule has 3 aromatic heterocycles. The van der Waals surface area contributed by atoms with Crippen molar-refractivity contribution in [2.75, 3.05) is 11.1 Å². The van der Waals surface area contributed by atoms with Crippen LogP contribution in [-0.4, -0.2) is 36.6 Å². The van der Waals surface area contributed by atoms with Crippen molar-refractivity contribution in [3.63, 3.8) is 0 Å². The summed E-state index contributed by atoms with van der Waals surface area (Å²) in [5.74, 6) is 0.301. The van der Waals surface area contributed by atoms with Gasteiger partial charge in [-0.3, -0.25) is 23.4 Å². The fourth-order valence-corrected chi connectivity index (χ4v) is 5.18. The fourth-order valence-electron chi connectivity index (χ4n) is 3.62. The number of nitrogens with one attached hydrogen (secondary N) is 1. The molecule has 34 heavy (non-hydrogen) atoms. The third kappa shape index (κ3) is 4.25. The molecular formula is C24H19N5O3S2. The number of thioether (sulfide) groups is 1. The molecule has 170 valence electrons. The number of rotatable bonds is 7. The van der Waals surface area contributed by atoms with Crippen molar-refractivity contribution in [1.29, 1.82) is 0 Å². The summed E-state index contributed by atoms with van der Waals surface area (Å²) in [6, 6.07) is 18.3. The van der Waals surface area contributed by atoms with Crippen LogP contribution < -0.4 is 10.9 Å². The Morgan fingerprint density at radius 2 is 1.79 bits per heavy atom. The number of carbonyl (C=O) groups excluding carboxylic acids is 2. The molecule has 5 aromatic rings. The highest BCUT2D eigenvalue weighted by Crippen LogP contribution is 2.25. The highest BCUT2D eigenvalue weighted by molar-refractivity contribution is 7.99. The summed E-state index contributed by atoms with van der Waals surface area (Å²) in [7, 11) is 0. The molecule has 0 atom stereocenters. The summed E-state index contributed by atoms with van der Waals surface area (Å²) < 4.78 is 4.05. The highest BCUT2D eigenvalue weighted by Gasteiger charge is 2.19. The van der Waals surface area contributed by atoms with Crippen molar-refractivity contribution < 1.29 is 9.59 Å². The second-order valence-corrected chi connectivity index (χ2v) is 9.46. The number of hydrogen-bond acceptors (Lipinski definition) is 7. The van der Waals surface area contributed by atoms with Crippen LogP contribution in [0.4, 0.5) is 5.69 Å². The van der Waals surface area contributed by atoms with Crippen LogP contribution in [0.25, 0.3) is 16.0 Å². The SMILES string of the molecule is CC(=O)c1ccc(NC(=O)CSc2nnc3n(Cc4ccccc4)c(=O)c4sccc4n23)cc1. The first kappa shape index (κ1) is 22.1. The van der Waals surface area contributed by atoms with E-state index in [1.165, 1.54) is 30.0 Å². The Balaban J connectivity index is 1.41. The predicted octanol–water partition coefficient (Wildman–Crippen LogP) is 4.09. The Bertz CT molecular complexity index is 1570. The lowest BCUT2D eigenvalue weighted by Crippen LogP contribution is -2.23. The van der Waals surface area contributed by atoms with E-state index in [9.17, 15) is 14.4 Å². The maximum absolute atomic E-state index is 13.2. The smallest absolute Gasteiger partial charge is 0.273 e. The van der Waals surface area contributed by atoms with Crippen molar-refractivity contribution in [3.05, 3.63) is 87.5 Å². The molecule has 2 aromatic carbocycles. The van der Waals surface area contributed by atoms with Crippen molar-refractivity contribution in [2.45, 2.75) is 18.6 Å². The van der Waals surface area contributed by atoms with Crippen LogP contribution in [0.15, 0.2) is 76.0 Å². The summed E-state index contributed by atoms with van der Waals surface area (Å²) in [6.07, 6.45) is 0. The monoisotopic (exact) mass is 489 g/mol. The molecule has 0 spiro atoms. The van der Waals surface area contributed by atoms with Crippen LogP contribution in [0.2, 0.25) is 0 Å². The minimum Gasteiger partial charge on any atom is -0.325 e. The van der Waals surface area contributed by atoms with E-state index in [4.69, 9.17) is 0 Å². The zero-order chi connectivity index (χ0) is 23.7. The molecule has 0 bridgehead atoms. The number of carbonyl (C=O) groups is 2. The predicted molar refractivity (Wildman–Crippen MR) is 134 cm³/mol. The third-order valence-corrected chi connectivity index (χ3v) is 7.09. The van der Waals surface area contributed by atoms with Gasteiger partial charge in [0.15, 0.2) is 10.9 Å². The maximum Gasteiger partial charge on any atom is 0.273 e. The zero-order valence-corrected chi connectivity index (χ0v) is 19.7. The first-order chi connectivity index (χ1) is 16.5. The number of hydrogen-bond donors (Lipinski definition) is 1. The lowest BCUT2D eigenvalue weighted by Gasteiger charge is -2.09. The van der Waals surface area contributed by atoms with Crippen molar-refractivity contribution in [3.8, 4) is 0 Å². The quantitative estimate of drug-likeness (QED) is 0.273. The molecule has 0 unspecified atom stereocenters. The minimum absolute atomic E-state index is 0.0300. The van der Waals surface area contributed by atoms with Gasteiger partial charge in [-0.25, -0.2) is 0 Å². The Morgan fingerprint density at radius 3 is 2.53 bits per heavy atom. The summed E-state index contributed by atoms with van der Waals surface area (Å²) in [5, 5.41) is 13.8. The molecule has 10 heteroatoms. The van der Waals surface area contributed by atoms with Gasteiger partial charge in [-0.1, -0.05) is 42.1 Å². The van der Waals surface area contributed by atoms with Crippen LogP contribution >= 0.6 is 23.1 Å². The van der Waals surface area contributed by atoms with Gasteiger partial charge in [0, 0.05) is 11.3 Å². The van der Waals surface area contributed by atoms with Crippen LogP contribution in [0.5, 0.6) is 0 Å². The molecule has 0 aliphatic heterocycles. The Hall–Kier alpha value is -3.76.